The highest BCUT2D eigenvalue weighted by Gasteiger charge is 2.40. The lowest BCUT2D eigenvalue weighted by Gasteiger charge is -2.37. The van der Waals surface area contributed by atoms with E-state index < -0.39 is 5.60 Å². The van der Waals surface area contributed by atoms with E-state index in [1.54, 1.807) is 30.7 Å². The van der Waals surface area contributed by atoms with Crippen molar-refractivity contribution in [2.75, 3.05) is 14.1 Å². The second-order valence-corrected chi connectivity index (χ2v) is 6.60. The molecular weight excluding hydrogens is 284 g/mol. The number of amides is 2. The second-order valence-electron chi connectivity index (χ2n) is 6.60. The fraction of sp³-hybridized carbons (Fsp3) is 0.667. The second kappa shape index (κ2) is 5.08. The molecule has 2 heterocycles. The fourth-order valence-electron chi connectivity index (χ4n) is 3.11. The Bertz CT molecular complexity index is 631. The first-order chi connectivity index (χ1) is 10.3. The van der Waals surface area contributed by atoms with Gasteiger partial charge in [0.1, 0.15) is 0 Å². The highest BCUT2D eigenvalue weighted by molar-refractivity contribution is 5.94. The molecule has 1 aromatic heterocycles. The van der Waals surface area contributed by atoms with Crippen LogP contribution in [0.5, 0.6) is 0 Å². The molecule has 2 aliphatic rings. The Labute approximate surface area is 129 Å². The summed E-state index contributed by atoms with van der Waals surface area (Å²) in [5, 5.41) is 14.4. The Morgan fingerprint density at radius 3 is 2.55 bits per heavy atom. The van der Waals surface area contributed by atoms with Crippen molar-refractivity contribution in [1.82, 2.24) is 19.6 Å². The van der Waals surface area contributed by atoms with E-state index in [1.807, 2.05) is 0 Å². The Morgan fingerprint density at radius 1 is 1.32 bits per heavy atom. The Balaban J connectivity index is 1.76. The van der Waals surface area contributed by atoms with Crippen LogP contribution < -0.4 is 0 Å². The van der Waals surface area contributed by atoms with Crippen LogP contribution in [0.3, 0.4) is 0 Å². The van der Waals surface area contributed by atoms with E-state index in [9.17, 15) is 14.7 Å². The molecular formula is C15H22N4O3. The summed E-state index contributed by atoms with van der Waals surface area (Å²) < 4.78 is 1.68. The number of fused-ring (bicyclic) bond motifs is 1. The van der Waals surface area contributed by atoms with Crippen LogP contribution >= 0.6 is 0 Å². The largest absolute Gasteiger partial charge is 0.389 e. The maximum absolute atomic E-state index is 12.4. The third-order valence-electron chi connectivity index (χ3n) is 4.69. The molecule has 0 unspecified atom stereocenters. The number of carbonyl (C=O) groups is 2. The molecule has 0 aromatic carbocycles. The third kappa shape index (κ3) is 2.39. The van der Waals surface area contributed by atoms with Gasteiger partial charge in [-0.05, 0) is 19.3 Å². The van der Waals surface area contributed by atoms with Crippen molar-refractivity contribution >= 4 is 11.8 Å². The van der Waals surface area contributed by atoms with E-state index in [4.69, 9.17) is 0 Å². The van der Waals surface area contributed by atoms with Gasteiger partial charge >= 0.3 is 0 Å². The van der Waals surface area contributed by atoms with Crippen molar-refractivity contribution in [3.05, 3.63) is 17.0 Å². The molecule has 0 radical (unpaired) electrons. The predicted octanol–water partition coefficient (Wildman–Crippen LogP) is 0.269. The lowest BCUT2D eigenvalue weighted by Crippen LogP contribution is -2.42. The lowest BCUT2D eigenvalue weighted by molar-refractivity contribution is -0.141. The summed E-state index contributed by atoms with van der Waals surface area (Å²) in [6.07, 6.45) is 2.55. The molecule has 1 N–H and O–H groups in total. The van der Waals surface area contributed by atoms with Gasteiger partial charge in [-0.3, -0.25) is 14.3 Å². The zero-order valence-electron chi connectivity index (χ0n) is 13.3. The maximum Gasteiger partial charge on any atom is 0.274 e. The standard InChI is InChI=1S/C15H22N4O3/c1-17(2)14(21)13-10-8-19(9-11(10)18(3)16-13)12(20)7-15(22)5-4-6-15/h22H,4-9H2,1-3H3. The van der Waals surface area contributed by atoms with E-state index in [2.05, 4.69) is 5.10 Å². The van der Waals surface area contributed by atoms with Crippen LogP contribution in [-0.2, 0) is 24.9 Å². The number of aromatic nitrogens is 2. The van der Waals surface area contributed by atoms with E-state index in [0.29, 0.717) is 31.6 Å². The molecule has 1 aliphatic heterocycles. The molecule has 0 spiro atoms. The van der Waals surface area contributed by atoms with E-state index in [1.165, 1.54) is 4.90 Å². The minimum absolute atomic E-state index is 0.0540. The van der Waals surface area contributed by atoms with E-state index in [-0.39, 0.29) is 18.2 Å². The molecule has 0 atom stereocenters. The van der Waals surface area contributed by atoms with Crippen LogP contribution in [0.2, 0.25) is 0 Å². The number of aliphatic hydroxyl groups is 1. The predicted molar refractivity (Wildman–Crippen MR) is 78.9 cm³/mol. The number of aryl methyl sites for hydroxylation is 1. The van der Waals surface area contributed by atoms with Crippen molar-refractivity contribution < 1.29 is 14.7 Å². The van der Waals surface area contributed by atoms with Crippen molar-refractivity contribution in [2.45, 2.75) is 44.4 Å². The van der Waals surface area contributed by atoms with Gasteiger partial charge in [0.15, 0.2) is 5.69 Å². The average Bonchev–Trinajstić information content (AvgIpc) is 2.97. The highest BCUT2D eigenvalue weighted by atomic mass is 16.3. The Hall–Kier alpha value is -1.89. The Kier molecular flexibility index (Phi) is 3.47. The quantitative estimate of drug-likeness (QED) is 0.869. The molecule has 3 rings (SSSR count). The Morgan fingerprint density at radius 2 is 2.00 bits per heavy atom. The number of hydrogen-bond acceptors (Lipinski definition) is 4. The summed E-state index contributed by atoms with van der Waals surface area (Å²) >= 11 is 0. The SMILES string of the molecule is CN(C)C(=O)c1nn(C)c2c1CN(C(=O)CC1(O)CCC1)C2. The van der Waals surface area contributed by atoms with Crippen LogP contribution in [0, 0.1) is 0 Å². The topological polar surface area (TPSA) is 78.7 Å². The molecule has 7 nitrogen and oxygen atoms in total. The van der Waals surface area contributed by atoms with Crippen molar-refractivity contribution in [3.63, 3.8) is 0 Å². The number of nitrogens with zero attached hydrogens (tertiary/aromatic N) is 4. The lowest BCUT2D eigenvalue weighted by atomic mass is 9.77. The third-order valence-corrected chi connectivity index (χ3v) is 4.69. The summed E-state index contributed by atoms with van der Waals surface area (Å²) in [5.74, 6) is -0.203. The van der Waals surface area contributed by atoms with E-state index in [0.717, 1.165) is 17.7 Å². The number of hydrogen-bond donors (Lipinski definition) is 1. The zero-order chi connectivity index (χ0) is 16.1. The van der Waals surface area contributed by atoms with Crippen LogP contribution in [0.15, 0.2) is 0 Å². The molecule has 7 heteroatoms. The molecule has 1 fully saturated rings. The highest BCUT2D eigenvalue weighted by Crippen LogP contribution is 2.36. The van der Waals surface area contributed by atoms with Gasteiger partial charge < -0.3 is 14.9 Å². The average molecular weight is 306 g/mol. The number of rotatable bonds is 3. The zero-order valence-corrected chi connectivity index (χ0v) is 13.3. The molecule has 22 heavy (non-hydrogen) atoms. The van der Waals surface area contributed by atoms with Crippen molar-refractivity contribution in [1.29, 1.82) is 0 Å². The van der Waals surface area contributed by atoms with Gasteiger partial charge in [0.2, 0.25) is 5.91 Å². The summed E-state index contributed by atoms with van der Waals surface area (Å²) in [5.41, 5.74) is 1.33. The van der Waals surface area contributed by atoms with Gasteiger partial charge in [0.25, 0.3) is 5.91 Å². The smallest absolute Gasteiger partial charge is 0.274 e. The molecule has 2 amide bonds. The normalized spacial score (nSPS) is 18.8. The van der Waals surface area contributed by atoms with Gasteiger partial charge in [-0.25, -0.2) is 0 Å². The van der Waals surface area contributed by atoms with Gasteiger partial charge in [0.05, 0.1) is 30.8 Å². The maximum atomic E-state index is 12.4. The van der Waals surface area contributed by atoms with Gasteiger partial charge in [-0.15, -0.1) is 0 Å². The first-order valence-electron chi connectivity index (χ1n) is 7.57. The van der Waals surface area contributed by atoms with Gasteiger partial charge in [-0.2, -0.15) is 5.10 Å². The van der Waals surface area contributed by atoms with Crippen LogP contribution in [0.25, 0.3) is 0 Å². The van der Waals surface area contributed by atoms with Gasteiger partial charge in [0, 0.05) is 26.7 Å². The van der Waals surface area contributed by atoms with Crippen LogP contribution in [-0.4, -0.2) is 56.2 Å². The van der Waals surface area contributed by atoms with Crippen molar-refractivity contribution in [2.24, 2.45) is 7.05 Å². The molecule has 1 aromatic rings. The van der Waals surface area contributed by atoms with Gasteiger partial charge in [-0.1, -0.05) is 0 Å². The number of carbonyl (C=O) groups excluding carboxylic acids is 2. The molecule has 1 saturated carbocycles. The molecule has 0 saturated heterocycles. The summed E-state index contributed by atoms with van der Waals surface area (Å²) in [4.78, 5) is 27.8. The summed E-state index contributed by atoms with van der Waals surface area (Å²) in [6.45, 7) is 0.849. The molecule has 120 valence electrons. The van der Waals surface area contributed by atoms with E-state index >= 15 is 0 Å². The minimum atomic E-state index is -0.813. The van der Waals surface area contributed by atoms with Crippen molar-refractivity contribution in [3.8, 4) is 0 Å². The monoisotopic (exact) mass is 306 g/mol. The first kappa shape index (κ1) is 15.0. The first-order valence-corrected chi connectivity index (χ1v) is 7.57. The minimum Gasteiger partial charge on any atom is -0.389 e. The summed E-state index contributed by atoms with van der Waals surface area (Å²) in [7, 11) is 5.17. The van der Waals surface area contributed by atoms with Crippen LogP contribution in [0.4, 0.5) is 0 Å². The summed E-state index contributed by atoms with van der Waals surface area (Å²) in [6, 6.07) is 0. The fourth-order valence-corrected chi connectivity index (χ4v) is 3.11. The molecule has 1 aliphatic carbocycles. The molecule has 0 bridgehead atoms. The van der Waals surface area contributed by atoms with Crippen LogP contribution in [0.1, 0.15) is 47.4 Å².